The first kappa shape index (κ1) is 11.5. The molecule has 1 unspecified atom stereocenters. The van der Waals surface area contributed by atoms with Gasteiger partial charge in [0.15, 0.2) is 0 Å². The number of aromatic amines is 1. The number of carboxylic acids is 1. The summed E-state index contributed by atoms with van der Waals surface area (Å²) in [6, 6.07) is 4.47. The van der Waals surface area contributed by atoms with E-state index in [2.05, 4.69) is 4.98 Å². The third kappa shape index (κ3) is 1.85. The van der Waals surface area contributed by atoms with E-state index in [0.717, 1.165) is 16.5 Å². The van der Waals surface area contributed by atoms with Gasteiger partial charge in [0, 0.05) is 11.1 Å². The molecule has 1 atom stereocenters. The molecule has 0 saturated heterocycles. The lowest BCUT2D eigenvalue weighted by Crippen LogP contribution is -2.20. The number of benzene rings is 1. The summed E-state index contributed by atoms with van der Waals surface area (Å²) in [6.45, 7) is 1.95. The van der Waals surface area contributed by atoms with Gasteiger partial charge in [-0.05, 0) is 24.6 Å². The minimum absolute atomic E-state index is 0.472. The maximum absolute atomic E-state index is 10.8. The zero-order valence-electron chi connectivity index (χ0n) is 9.65. The largest absolute Gasteiger partial charge is 0.495 e. The number of aliphatic carboxylic acids is 1. The molecule has 2 aromatic rings. The van der Waals surface area contributed by atoms with Gasteiger partial charge in [0.1, 0.15) is 11.8 Å². The SMILES string of the molecule is COc1ccc(C)c2cc(C(N)C(=O)O)[nH]c12. The quantitative estimate of drug-likeness (QED) is 0.752. The molecule has 0 radical (unpaired) electrons. The van der Waals surface area contributed by atoms with Crippen molar-refractivity contribution in [1.82, 2.24) is 4.98 Å². The highest BCUT2D eigenvalue weighted by Crippen LogP contribution is 2.29. The Morgan fingerprint density at radius 2 is 2.24 bits per heavy atom. The van der Waals surface area contributed by atoms with Gasteiger partial charge < -0.3 is 20.6 Å². The van der Waals surface area contributed by atoms with Crippen LogP contribution in [0.3, 0.4) is 0 Å². The van der Waals surface area contributed by atoms with Crippen LogP contribution in [0.2, 0.25) is 0 Å². The number of nitrogens with one attached hydrogen (secondary N) is 1. The number of nitrogens with two attached hydrogens (primary N) is 1. The summed E-state index contributed by atoms with van der Waals surface area (Å²) in [4.78, 5) is 13.8. The van der Waals surface area contributed by atoms with Gasteiger partial charge in [-0.1, -0.05) is 6.07 Å². The number of ether oxygens (including phenoxy) is 1. The third-order valence-electron chi connectivity index (χ3n) is 2.82. The van der Waals surface area contributed by atoms with E-state index in [1.165, 1.54) is 0 Å². The molecule has 5 nitrogen and oxygen atoms in total. The Bertz CT molecular complexity index is 574. The van der Waals surface area contributed by atoms with Gasteiger partial charge in [-0.25, -0.2) is 0 Å². The molecule has 17 heavy (non-hydrogen) atoms. The predicted molar refractivity (Wildman–Crippen MR) is 64.2 cm³/mol. The monoisotopic (exact) mass is 234 g/mol. The second kappa shape index (κ2) is 4.10. The third-order valence-corrected chi connectivity index (χ3v) is 2.82. The molecule has 2 rings (SSSR count). The fraction of sp³-hybridized carbons (Fsp3) is 0.250. The summed E-state index contributed by atoms with van der Waals surface area (Å²) < 4.78 is 5.22. The topological polar surface area (TPSA) is 88.3 Å². The Labute approximate surface area is 98.2 Å². The summed E-state index contributed by atoms with van der Waals surface area (Å²) in [6.07, 6.45) is 0. The fourth-order valence-corrected chi connectivity index (χ4v) is 1.83. The Hall–Kier alpha value is -2.01. The molecular formula is C12H14N2O3. The molecule has 4 N–H and O–H groups in total. The van der Waals surface area contributed by atoms with E-state index in [9.17, 15) is 4.79 Å². The van der Waals surface area contributed by atoms with Crippen molar-refractivity contribution in [3.63, 3.8) is 0 Å². The molecule has 0 aliphatic rings. The van der Waals surface area contributed by atoms with E-state index in [-0.39, 0.29) is 0 Å². The van der Waals surface area contributed by atoms with Gasteiger partial charge in [-0.15, -0.1) is 0 Å². The van der Waals surface area contributed by atoms with Crippen molar-refractivity contribution in [1.29, 1.82) is 0 Å². The van der Waals surface area contributed by atoms with Crippen LogP contribution in [-0.4, -0.2) is 23.2 Å². The average molecular weight is 234 g/mol. The van der Waals surface area contributed by atoms with E-state index < -0.39 is 12.0 Å². The van der Waals surface area contributed by atoms with Crippen LogP contribution in [0.5, 0.6) is 5.75 Å². The Morgan fingerprint density at radius 1 is 1.53 bits per heavy atom. The molecule has 0 aliphatic heterocycles. The van der Waals surface area contributed by atoms with Crippen LogP contribution in [-0.2, 0) is 4.79 Å². The standard InChI is InChI=1S/C12H14N2O3/c1-6-3-4-9(17-2)11-7(6)5-8(14-11)10(13)12(15)16/h3-5,10,14H,13H2,1-2H3,(H,15,16). The van der Waals surface area contributed by atoms with Crippen LogP contribution < -0.4 is 10.5 Å². The lowest BCUT2D eigenvalue weighted by Gasteiger charge is -2.03. The molecule has 0 saturated carbocycles. The van der Waals surface area contributed by atoms with Gasteiger partial charge in [0.25, 0.3) is 0 Å². The van der Waals surface area contributed by atoms with Crippen LogP contribution in [0.25, 0.3) is 10.9 Å². The van der Waals surface area contributed by atoms with Crippen LogP contribution in [0, 0.1) is 6.92 Å². The van der Waals surface area contributed by atoms with Gasteiger partial charge in [-0.3, -0.25) is 4.79 Å². The molecule has 0 aliphatic carbocycles. The van der Waals surface area contributed by atoms with E-state index in [1.54, 1.807) is 13.2 Å². The molecular weight excluding hydrogens is 220 g/mol. The van der Waals surface area contributed by atoms with Crippen molar-refractivity contribution in [2.75, 3.05) is 7.11 Å². The fourth-order valence-electron chi connectivity index (χ4n) is 1.83. The maximum atomic E-state index is 10.8. The van der Waals surface area contributed by atoms with Crippen molar-refractivity contribution in [2.24, 2.45) is 5.73 Å². The van der Waals surface area contributed by atoms with Crippen LogP contribution in [0.4, 0.5) is 0 Å². The molecule has 5 heteroatoms. The van der Waals surface area contributed by atoms with Gasteiger partial charge >= 0.3 is 5.97 Å². The Balaban J connectivity index is 2.64. The van der Waals surface area contributed by atoms with Crippen LogP contribution >= 0.6 is 0 Å². The lowest BCUT2D eigenvalue weighted by molar-refractivity contribution is -0.138. The minimum Gasteiger partial charge on any atom is -0.495 e. The summed E-state index contributed by atoms with van der Waals surface area (Å²) in [7, 11) is 1.57. The van der Waals surface area contributed by atoms with Crippen molar-refractivity contribution in [3.05, 3.63) is 29.5 Å². The summed E-state index contributed by atoms with van der Waals surface area (Å²) in [5, 5.41) is 9.81. The number of hydrogen-bond donors (Lipinski definition) is 3. The molecule has 1 heterocycles. The lowest BCUT2D eigenvalue weighted by atomic mass is 10.1. The number of aromatic nitrogens is 1. The second-order valence-electron chi connectivity index (χ2n) is 3.91. The zero-order chi connectivity index (χ0) is 12.6. The zero-order valence-corrected chi connectivity index (χ0v) is 9.65. The average Bonchev–Trinajstić information content (AvgIpc) is 2.74. The molecule has 0 spiro atoms. The Morgan fingerprint density at radius 3 is 2.82 bits per heavy atom. The van der Waals surface area contributed by atoms with Gasteiger partial charge in [-0.2, -0.15) is 0 Å². The minimum atomic E-state index is -1.06. The van der Waals surface area contributed by atoms with E-state index in [4.69, 9.17) is 15.6 Å². The molecule has 0 bridgehead atoms. The second-order valence-corrected chi connectivity index (χ2v) is 3.91. The first-order chi connectivity index (χ1) is 8.04. The summed E-state index contributed by atoms with van der Waals surface area (Å²) >= 11 is 0. The van der Waals surface area contributed by atoms with Crippen LogP contribution in [0.15, 0.2) is 18.2 Å². The number of carboxylic acid groups (broad SMARTS) is 1. The number of methoxy groups -OCH3 is 1. The highest BCUT2D eigenvalue weighted by atomic mass is 16.5. The highest BCUT2D eigenvalue weighted by molar-refractivity contribution is 5.90. The van der Waals surface area contributed by atoms with Crippen molar-refractivity contribution in [3.8, 4) is 5.75 Å². The van der Waals surface area contributed by atoms with E-state index >= 15 is 0 Å². The molecule has 1 aromatic carbocycles. The molecule has 1 aromatic heterocycles. The summed E-state index contributed by atoms with van der Waals surface area (Å²) in [5.41, 5.74) is 7.86. The number of hydrogen-bond acceptors (Lipinski definition) is 3. The van der Waals surface area contributed by atoms with E-state index in [0.29, 0.717) is 11.4 Å². The van der Waals surface area contributed by atoms with E-state index in [1.807, 2.05) is 19.1 Å². The van der Waals surface area contributed by atoms with Gasteiger partial charge in [0.2, 0.25) is 0 Å². The normalized spacial score (nSPS) is 12.6. The molecule has 90 valence electrons. The number of H-pyrrole nitrogens is 1. The number of carbonyl (C=O) groups is 1. The highest BCUT2D eigenvalue weighted by Gasteiger charge is 2.18. The molecule has 0 fully saturated rings. The molecule has 0 amide bonds. The number of rotatable bonds is 3. The number of aryl methyl sites for hydroxylation is 1. The van der Waals surface area contributed by atoms with Crippen LogP contribution in [0.1, 0.15) is 17.3 Å². The first-order valence-electron chi connectivity index (χ1n) is 5.19. The van der Waals surface area contributed by atoms with Crippen molar-refractivity contribution in [2.45, 2.75) is 13.0 Å². The smallest absolute Gasteiger partial charge is 0.326 e. The maximum Gasteiger partial charge on any atom is 0.326 e. The Kier molecular flexibility index (Phi) is 2.77. The number of fused-ring (bicyclic) bond motifs is 1. The van der Waals surface area contributed by atoms with Crippen molar-refractivity contribution < 1.29 is 14.6 Å². The predicted octanol–water partition coefficient (Wildman–Crippen LogP) is 1.57. The first-order valence-corrected chi connectivity index (χ1v) is 5.19. The van der Waals surface area contributed by atoms with Crippen molar-refractivity contribution >= 4 is 16.9 Å². The van der Waals surface area contributed by atoms with Gasteiger partial charge in [0.05, 0.1) is 12.6 Å². The summed E-state index contributed by atoms with van der Waals surface area (Å²) in [5.74, 6) is -0.386.